The van der Waals surface area contributed by atoms with Gasteiger partial charge in [0.2, 0.25) is 5.91 Å². The van der Waals surface area contributed by atoms with Gasteiger partial charge in [0.1, 0.15) is 23.0 Å². The van der Waals surface area contributed by atoms with Crippen LogP contribution in [-0.4, -0.2) is 41.8 Å². The van der Waals surface area contributed by atoms with Gasteiger partial charge in [-0.15, -0.1) is 0 Å². The number of hydrogen-bond acceptors (Lipinski definition) is 5. The third-order valence-electron chi connectivity index (χ3n) is 12.3. The first kappa shape index (κ1) is 25.8. The van der Waals surface area contributed by atoms with E-state index in [0.717, 1.165) is 24.2 Å². The molecule has 0 aromatic heterocycles. The molecule has 39 heavy (non-hydrogen) atoms. The summed E-state index contributed by atoms with van der Waals surface area (Å²) in [6.07, 6.45) is 4.26. The topological polar surface area (TPSA) is 84.9 Å². The molecule has 1 spiro atoms. The molecule has 7 aliphatic rings. The van der Waals surface area contributed by atoms with Crippen molar-refractivity contribution in [1.82, 2.24) is 5.32 Å². The number of methoxy groups -OCH3 is 1. The van der Waals surface area contributed by atoms with Crippen molar-refractivity contribution in [2.45, 2.75) is 84.7 Å². The Labute approximate surface area is 231 Å². The molecule has 4 aliphatic carbocycles. The van der Waals surface area contributed by atoms with E-state index in [-0.39, 0.29) is 53.8 Å². The van der Waals surface area contributed by atoms with Gasteiger partial charge in [0.15, 0.2) is 5.78 Å². The lowest BCUT2D eigenvalue weighted by Gasteiger charge is -2.56. The lowest BCUT2D eigenvalue weighted by atomic mass is 9.47. The van der Waals surface area contributed by atoms with E-state index in [9.17, 15) is 9.90 Å². The van der Waals surface area contributed by atoms with Gasteiger partial charge in [0, 0.05) is 43.1 Å². The van der Waals surface area contributed by atoms with E-state index < -0.39 is 28.6 Å². The molecule has 3 heterocycles. The molecule has 5 bridgehead atoms. The molecule has 4 fully saturated rings. The lowest BCUT2D eigenvalue weighted by Crippen LogP contribution is -2.63. The third-order valence-corrected chi connectivity index (χ3v) is 12.3. The van der Waals surface area contributed by atoms with Crippen LogP contribution in [0.25, 0.3) is 0 Å². The summed E-state index contributed by atoms with van der Waals surface area (Å²) in [5.41, 5.74) is -0.809. The minimum absolute atomic E-state index is 0.0236. The number of fused-ring (bicyclic) bond motifs is 4. The number of aliphatic hydroxyl groups excluding tert-OH is 1. The smallest absolute Gasteiger partial charge is 0.236 e. The summed E-state index contributed by atoms with van der Waals surface area (Å²) in [4.78, 5) is 29.0. The Bertz CT molecular complexity index is 1270. The standard InChI is InChI=1S/C33H43NO5/c1-17-11-18(2)25-27-23-24(31(25,5)12-17)19(3)13-30(4)22(35)15-32(28(36)26(23)30)16-33(38-6,34-29(32)37)14-20-7-9-21(39-27)10-8-20/h7-10,13,17-18,22-27,35H,11-12,14-16H2,1-6H3,(H,34,37)/t17-,18+,22-,23+,24-,25+,26+,27+,30-,31+,32+,33-/m1/s1. The molecule has 1 aromatic carbocycles. The molecule has 12 atom stereocenters. The number of rotatable bonds is 1. The van der Waals surface area contributed by atoms with E-state index in [0.29, 0.717) is 18.3 Å². The number of ether oxygens (including phenoxy) is 2. The van der Waals surface area contributed by atoms with Gasteiger partial charge in [0.05, 0.1) is 6.10 Å². The number of nitrogens with one attached hydrogen (secondary N) is 1. The second kappa shape index (κ2) is 7.97. The van der Waals surface area contributed by atoms with E-state index in [1.807, 2.05) is 19.1 Å². The van der Waals surface area contributed by atoms with Crippen LogP contribution in [0.3, 0.4) is 0 Å². The summed E-state index contributed by atoms with van der Waals surface area (Å²) in [6.45, 7) is 11.4. The second-order valence-corrected chi connectivity index (χ2v) is 14.7. The Hall–Kier alpha value is -2.18. The van der Waals surface area contributed by atoms with Crippen LogP contribution < -0.4 is 10.1 Å². The van der Waals surface area contributed by atoms with E-state index in [1.165, 1.54) is 5.57 Å². The maximum atomic E-state index is 15.0. The van der Waals surface area contributed by atoms with Crippen LogP contribution in [0.4, 0.5) is 0 Å². The van der Waals surface area contributed by atoms with Crippen molar-refractivity contribution in [2.24, 2.45) is 51.8 Å². The van der Waals surface area contributed by atoms with Crippen molar-refractivity contribution in [3.63, 3.8) is 0 Å². The van der Waals surface area contributed by atoms with E-state index in [1.54, 1.807) is 7.11 Å². The van der Waals surface area contributed by atoms with Crippen molar-refractivity contribution in [1.29, 1.82) is 0 Å². The fourth-order valence-corrected chi connectivity index (χ4v) is 11.2. The van der Waals surface area contributed by atoms with Crippen LogP contribution in [-0.2, 0) is 20.7 Å². The summed E-state index contributed by atoms with van der Waals surface area (Å²) >= 11 is 0. The number of ketones is 1. The molecule has 8 rings (SSSR count). The highest BCUT2D eigenvalue weighted by atomic mass is 16.5. The molecule has 210 valence electrons. The zero-order chi connectivity index (χ0) is 27.7. The molecule has 6 nitrogen and oxygen atoms in total. The van der Waals surface area contributed by atoms with Gasteiger partial charge in [0.25, 0.3) is 0 Å². The van der Waals surface area contributed by atoms with Crippen molar-refractivity contribution in [3.05, 3.63) is 41.5 Å². The highest BCUT2D eigenvalue weighted by Crippen LogP contribution is 2.70. The zero-order valence-corrected chi connectivity index (χ0v) is 24.1. The summed E-state index contributed by atoms with van der Waals surface area (Å²) in [6, 6.07) is 8.19. The number of benzene rings is 1. The lowest BCUT2D eigenvalue weighted by molar-refractivity contribution is -0.167. The van der Waals surface area contributed by atoms with Gasteiger partial charge in [-0.25, -0.2) is 0 Å². The Balaban J connectivity index is 1.49. The van der Waals surface area contributed by atoms with Crippen LogP contribution in [0.1, 0.15) is 65.9 Å². The van der Waals surface area contributed by atoms with Crippen molar-refractivity contribution < 1.29 is 24.2 Å². The SMILES string of the molecule is CO[C@]12Cc3ccc(cc3)O[C@H]3[C@@H]4[C@H]5C(=O)[C@](C[C@@H](O)[C@@]5(C)C=C(C)[C@H]4[C@]4(C)C[C@H](C)C[C@H](C)[C@@H]34)(C1)C(=O)N2. The van der Waals surface area contributed by atoms with Crippen molar-refractivity contribution in [2.75, 3.05) is 7.11 Å². The molecule has 1 amide bonds. The Kier molecular flexibility index (Phi) is 5.27. The number of allylic oxidation sites excluding steroid dienone is 1. The maximum absolute atomic E-state index is 15.0. The predicted molar refractivity (Wildman–Crippen MR) is 147 cm³/mol. The van der Waals surface area contributed by atoms with Crippen molar-refractivity contribution in [3.8, 4) is 5.75 Å². The normalized spacial score (nSPS) is 51.6. The molecule has 0 unspecified atom stereocenters. The van der Waals surface area contributed by atoms with E-state index in [2.05, 4.69) is 51.2 Å². The molecular formula is C33H43NO5. The Morgan fingerprint density at radius 1 is 1.08 bits per heavy atom. The minimum atomic E-state index is -1.31. The summed E-state index contributed by atoms with van der Waals surface area (Å²) in [5.74, 6) is 1.34. The van der Waals surface area contributed by atoms with Crippen LogP contribution in [0.15, 0.2) is 35.9 Å². The number of carbonyl (C=O) groups is 2. The number of Topliss-reactive ketones (excluding diaryl/α,β-unsaturated/α-hetero) is 1. The summed E-state index contributed by atoms with van der Waals surface area (Å²) in [7, 11) is 1.60. The summed E-state index contributed by atoms with van der Waals surface area (Å²) in [5, 5.41) is 15.0. The molecule has 3 aliphatic heterocycles. The highest BCUT2D eigenvalue weighted by Gasteiger charge is 2.74. The van der Waals surface area contributed by atoms with Gasteiger partial charge in [-0.1, -0.05) is 51.5 Å². The van der Waals surface area contributed by atoms with Crippen LogP contribution in [0, 0.1) is 51.8 Å². The molecule has 1 aromatic rings. The Morgan fingerprint density at radius 2 is 1.79 bits per heavy atom. The first-order chi connectivity index (χ1) is 18.4. The first-order valence-electron chi connectivity index (χ1n) is 14.9. The largest absolute Gasteiger partial charge is 0.490 e. The van der Waals surface area contributed by atoms with Gasteiger partial charge in [-0.2, -0.15) is 0 Å². The van der Waals surface area contributed by atoms with Crippen molar-refractivity contribution >= 4 is 11.7 Å². The van der Waals surface area contributed by atoms with Gasteiger partial charge in [-0.05, 0) is 67.1 Å². The monoisotopic (exact) mass is 533 g/mol. The number of hydrogen-bond donors (Lipinski definition) is 2. The van der Waals surface area contributed by atoms with Crippen LogP contribution >= 0.6 is 0 Å². The fraction of sp³-hybridized carbons (Fsp3) is 0.697. The molecule has 6 heteroatoms. The number of amides is 1. The van der Waals surface area contributed by atoms with Gasteiger partial charge in [-0.3, -0.25) is 9.59 Å². The van der Waals surface area contributed by atoms with Crippen LogP contribution in [0.2, 0.25) is 0 Å². The van der Waals surface area contributed by atoms with E-state index >= 15 is 4.79 Å². The number of aliphatic hydroxyl groups is 1. The molecule has 3 saturated carbocycles. The average molecular weight is 534 g/mol. The third kappa shape index (κ3) is 3.16. The highest BCUT2D eigenvalue weighted by molar-refractivity contribution is 6.10. The second-order valence-electron chi connectivity index (χ2n) is 14.7. The molecule has 2 N–H and O–H groups in total. The maximum Gasteiger partial charge on any atom is 0.236 e. The van der Waals surface area contributed by atoms with Gasteiger partial charge < -0.3 is 19.9 Å². The van der Waals surface area contributed by atoms with Gasteiger partial charge >= 0.3 is 0 Å². The van der Waals surface area contributed by atoms with E-state index in [4.69, 9.17) is 9.47 Å². The fourth-order valence-electron chi connectivity index (χ4n) is 11.2. The molecular weight excluding hydrogens is 490 g/mol. The zero-order valence-electron chi connectivity index (χ0n) is 24.1. The van der Waals surface area contributed by atoms with Crippen LogP contribution in [0.5, 0.6) is 5.75 Å². The Morgan fingerprint density at radius 3 is 2.49 bits per heavy atom. The molecule has 0 radical (unpaired) electrons. The predicted octanol–water partition coefficient (Wildman–Crippen LogP) is 4.69. The minimum Gasteiger partial charge on any atom is -0.490 e. The average Bonchev–Trinajstić information content (AvgIpc) is 3.28. The quantitative estimate of drug-likeness (QED) is 0.404. The number of carbonyl (C=O) groups excluding carboxylic acids is 2. The molecule has 1 saturated heterocycles. The summed E-state index contributed by atoms with van der Waals surface area (Å²) < 4.78 is 13.0. The first-order valence-corrected chi connectivity index (χ1v) is 14.9.